The van der Waals surface area contributed by atoms with Crippen molar-refractivity contribution >= 4 is 5.78 Å². The molecule has 0 bridgehead atoms. The Hall–Kier alpha value is -1.23. The second-order valence-corrected chi connectivity index (χ2v) is 5.73. The van der Waals surface area contributed by atoms with Gasteiger partial charge in [0, 0.05) is 13.0 Å². The molecule has 2 rings (SSSR count). The third kappa shape index (κ3) is 3.45. The molecule has 1 aliphatic carbocycles. The first kappa shape index (κ1) is 15.2. The van der Waals surface area contributed by atoms with Crippen LogP contribution in [0.5, 0.6) is 0 Å². The minimum atomic E-state index is -0.215. The molecule has 0 aromatic carbocycles. The van der Waals surface area contributed by atoms with Gasteiger partial charge in [-0.15, -0.1) is 0 Å². The largest absolute Gasteiger partial charge is 0.370 e. The number of ketones is 1. The summed E-state index contributed by atoms with van der Waals surface area (Å²) >= 11 is 0. The van der Waals surface area contributed by atoms with Gasteiger partial charge >= 0.3 is 0 Å². The fraction of sp³-hybridized carbons (Fsp3) is 0.800. The summed E-state index contributed by atoms with van der Waals surface area (Å²) in [4.78, 5) is 16.5. The van der Waals surface area contributed by atoms with Gasteiger partial charge in [-0.05, 0) is 25.7 Å². The molecule has 0 spiro atoms. The van der Waals surface area contributed by atoms with E-state index < -0.39 is 0 Å². The number of aromatic nitrogens is 2. The molecule has 1 aromatic heterocycles. The fourth-order valence-corrected chi connectivity index (χ4v) is 2.67. The molecule has 0 amide bonds. The normalized spacial score (nSPS) is 22.0. The summed E-state index contributed by atoms with van der Waals surface area (Å²) in [5.41, 5.74) is 0. The highest BCUT2D eigenvalue weighted by atomic mass is 16.5. The standard InChI is InChI=1S/C15H24N2O3/c1-4-19-13(10(2)3)14-16-15(20-17-14)11-8-6-5-7-9-12(11)18/h10-11,13H,4-9H2,1-3H3. The van der Waals surface area contributed by atoms with Crippen LogP contribution in [-0.4, -0.2) is 22.5 Å². The van der Waals surface area contributed by atoms with Gasteiger partial charge < -0.3 is 9.26 Å². The summed E-state index contributed by atoms with van der Waals surface area (Å²) < 4.78 is 11.0. The molecule has 0 radical (unpaired) electrons. The Morgan fingerprint density at radius 2 is 2.15 bits per heavy atom. The lowest BCUT2D eigenvalue weighted by atomic mass is 9.99. The molecule has 20 heavy (non-hydrogen) atoms. The van der Waals surface area contributed by atoms with Crippen LogP contribution in [0, 0.1) is 5.92 Å². The Balaban J connectivity index is 2.16. The molecular formula is C15H24N2O3. The molecule has 1 aliphatic rings. The van der Waals surface area contributed by atoms with Crippen molar-refractivity contribution in [2.24, 2.45) is 5.92 Å². The van der Waals surface area contributed by atoms with E-state index in [0.717, 1.165) is 25.7 Å². The first-order valence-electron chi connectivity index (χ1n) is 7.61. The second kappa shape index (κ2) is 6.97. The highest BCUT2D eigenvalue weighted by Gasteiger charge is 2.30. The number of ether oxygens (including phenoxy) is 1. The SMILES string of the molecule is CCOC(c1noc(C2CCCCCC2=O)n1)C(C)C. The van der Waals surface area contributed by atoms with Gasteiger partial charge in [0.1, 0.15) is 11.9 Å². The van der Waals surface area contributed by atoms with E-state index in [9.17, 15) is 4.79 Å². The lowest BCUT2D eigenvalue weighted by molar-refractivity contribution is -0.120. The van der Waals surface area contributed by atoms with Gasteiger partial charge in [0.15, 0.2) is 0 Å². The van der Waals surface area contributed by atoms with Crippen LogP contribution in [0.25, 0.3) is 0 Å². The highest BCUT2D eigenvalue weighted by Crippen LogP contribution is 2.30. The Morgan fingerprint density at radius 1 is 1.35 bits per heavy atom. The smallest absolute Gasteiger partial charge is 0.237 e. The summed E-state index contributed by atoms with van der Waals surface area (Å²) in [5, 5.41) is 4.03. The summed E-state index contributed by atoms with van der Waals surface area (Å²) in [6.45, 7) is 6.68. The van der Waals surface area contributed by atoms with Crippen LogP contribution in [0.3, 0.4) is 0 Å². The first-order valence-corrected chi connectivity index (χ1v) is 7.61. The summed E-state index contributed by atoms with van der Waals surface area (Å²) in [6.07, 6.45) is 4.41. The maximum absolute atomic E-state index is 12.1. The maximum atomic E-state index is 12.1. The van der Waals surface area contributed by atoms with E-state index in [1.54, 1.807) is 0 Å². The van der Waals surface area contributed by atoms with Gasteiger partial charge in [0.25, 0.3) is 0 Å². The van der Waals surface area contributed by atoms with Crippen molar-refractivity contribution in [3.63, 3.8) is 0 Å². The van der Waals surface area contributed by atoms with Gasteiger partial charge in [-0.3, -0.25) is 4.79 Å². The average Bonchev–Trinajstić information content (AvgIpc) is 2.78. The Kier molecular flexibility index (Phi) is 5.29. The lowest BCUT2D eigenvalue weighted by Gasteiger charge is -2.16. The predicted molar refractivity (Wildman–Crippen MR) is 74.3 cm³/mol. The second-order valence-electron chi connectivity index (χ2n) is 5.73. The van der Waals surface area contributed by atoms with Crippen molar-refractivity contribution in [3.05, 3.63) is 11.7 Å². The molecular weight excluding hydrogens is 256 g/mol. The third-order valence-electron chi connectivity index (χ3n) is 3.77. The van der Waals surface area contributed by atoms with Crippen LogP contribution < -0.4 is 0 Å². The van der Waals surface area contributed by atoms with Crippen molar-refractivity contribution in [2.45, 2.75) is 64.9 Å². The van der Waals surface area contributed by atoms with Crippen LogP contribution in [0.1, 0.15) is 76.6 Å². The average molecular weight is 280 g/mol. The van der Waals surface area contributed by atoms with E-state index in [-0.39, 0.29) is 23.7 Å². The minimum Gasteiger partial charge on any atom is -0.370 e. The molecule has 2 unspecified atom stereocenters. The summed E-state index contributed by atoms with van der Waals surface area (Å²) in [7, 11) is 0. The number of nitrogens with zero attached hydrogens (tertiary/aromatic N) is 2. The quantitative estimate of drug-likeness (QED) is 0.773. The molecule has 1 fully saturated rings. The Morgan fingerprint density at radius 3 is 2.85 bits per heavy atom. The lowest BCUT2D eigenvalue weighted by Crippen LogP contribution is -2.14. The minimum absolute atomic E-state index is 0.168. The topological polar surface area (TPSA) is 65.2 Å². The van der Waals surface area contributed by atoms with Crippen molar-refractivity contribution in [3.8, 4) is 0 Å². The molecule has 1 aromatic rings. The molecule has 2 atom stereocenters. The van der Waals surface area contributed by atoms with Crippen LogP contribution in [0.15, 0.2) is 4.52 Å². The van der Waals surface area contributed by atoms with E-state index in [0.29, 0.717) is 24.7 Å². The number of carbonyl (C=O) groups is 1. The molecule has 1 heterocycles. The zero-order valence-electron chi connectivity index (χ0n) is 12.6. The summed E-state index contributed by atoms with van der Waals surface area (Å²) in [6, 6.07) is 0. The number of hydrogen-bond donors (Lipinski definition) is 0. The van der Waals surface area contributed by atoms with E-state index in [1.807, 2.05) is 6.92 Å². The number of carbonyl (C=O) groups excluding carboxylic acids is 1. The van der Waals surface area contributed by atoms with Gasteiger partial charge in [-0.2, -0.15) is 4.98 Å². The van der Waals surface area contributed by atoms with E-state index in [1.165, 1.54) is 0 Å². The van der Waals surface area contributed by atoms with Gasteiger partial charge in [0.2, 0.25) is 11.7 Å². The summed E-state index contributed by atoms with van der Waals surface area (Å²) in [5.74, 6) is 1.32. The first-order chi connectivity index (χ1) is 9.63. The molecule has 5 heteroatoms. The number of Topliss-reactive ketones (excluding diaryl/α,β-unsaturated/α-hetero) is 1. The monoisotopic (exact) mass is 280 g/mol. The molecule has 0 saturated heterocycles. The third-order valence-corrected chi connectivity index (χ3v) is 3.77. The molecule has 112 valence electrons. The fourth-order valence-electron chi connectivity index (χ4n) is 2.67. The molecule has 0 N–H and O–H groups in total. The molecule has 0 aliphatic heterocycles. The van der Waals surface area contributed by atoms with Crippen molar-refractivity contribution in [2.75, 3.05) is 6.61 Å². The van der Waals surface area contributed by atoms with E-state index >= 15 is 0 Å². The van der Waals surface area contributed by atoms with Crippen LogP contribution in [-0.2, 0) is 9.53 Å². The van der Waals surface area contributed by atoms with Gasteiger partial charge in [0.05, 0.1) is 5.92 Å². The highest BCUT2D eigenvalue weighted by molar-refractivity contribution is 5.84. The zero-order valence-corrected chi connectivity index (χ0v) is 12.6. The number of hydrogen-bond acceptors (Lipinski definition) is 5. The Labute approximate surface area is 120 Å². The molecule has 1 saturated carbocycles. The van der Waals surface area contributed by atoms with E-state index in [4.69, 9.17) is 9.26 Å². The van der Waals surface area contributed by atoms with Crippen LogP contribution in [0.4, 0.5) is 0 Å². The Bertz CT molecular complexity index is 442. The van der Waals surface area contributed by atoms with Crippen molar-refractivity contribution in [1.29, 1.82) is 0 Å². The van der Waals surface area contributed by atoms with Crippen molar-refractivity contribution in [1.82, 2.24) is 10.1 Å². The van der Waals surface area contributed by atoms with Crippen LogP contribution >= 0.6 is 0 Å². The van der Waals surface area contributed by atoms with Gasteiger partial charge in [-0.1, -0.05) is 31.8 Å². The predicted octanol–water partition coefficient (Wildman–Crippen LogP) is 3.42. The van der Waals surface area contributed by atoms with Crippen LogP contribution in [0.2, 0.25) is 0 Å². The van der Waals surface area contributed by atoms with Gasteiger partial charge in [-0.25, -0.2) is 0 Å². The maximum Gasteiger partial charge on any atom is 0.237 e. The van der Waals surface area contributed by atoms with E-state index in [2.05, 4.69) is 24.0 Å². The molecule has 5 nitrogen and oxygen atoms in total. The number of rotatable bonds is 5. The van der Waals surface area contributed by atoms with Crippen molar-refractivity contribution < 1.29 is 14.1 Å². The zero-order chi connectivity index (χ0) is 14.5.